The van der Waals surface area contributed by atoms with Gasteiger partial charge < -0.3 is 10.2 Å². The molecule has 1 atom stereocenters. The van der Waals surface area contributed by atoms with Crippen LogP contribution < -0.4 is 5.32 Å². The molecule has 0 fully saturated rings. The topological polar surface area (TPSA) is 32.3 Å². The molecule has 0 radical (unpaired) electrons. The number of hydrogen-bond donors (Lipinski definition) is 1. The molecule has 0 spiro atoms. The van der Waals surface area contributed by atoms with Crippen molar-refractivity contribution in [3.63, 3.8) is 0 Å². The maximum Gasteiger partial charge on any atom is 0.254 e. The van der Waals surface area contributed by atoms with E-state index in [1.54, 1.807) is 11.3 Å². The third kappa shape index (κ3) is 2.68. The van der Waals surface area contributed by atoms with E-state index in [0.29, 0.717) is 0 Å². The summed E-state index contributed by atoms with van der Waals surface area (Å²) in [6, 6.07) is 10.3. The van der Waals surface area contributed by atoms with Gasteiger partial charge in [0.05, 0.1) is 6.04 Å². The smallest absolute Gasteiger partial charge is 0.254 e. The summed E-state index contributed by atoms with van der Waals surface area (Å²) < 4.78 is 0. The lowest BCUT2D eigenvalue weighted by molar-refractivity contribution is 0.0745. The zero-order valence-corrected chi connectivity index (χ0v) is 13.5. The fourth-order valence-corrected chi connectivity index (χ4v) is 3.66. The minimum atomic E-state index is 0.0863. The van der Waals surface area contributed by atoms with Crippen LogP contribution in [-0.4, -0.2) is 24.4 Å². The fraction of sp³-hybridized carbons (Fsp3) is 0.353. The van der Waals surface area contributed by atoms with Gasteiger partial charge in [-0.25, -0.2) is 0 Å². The zero-order chi connectivity index (χ0) is 15.0. The molecule has 1 aliphatic heterocycles. The second-order valence-corrected chi connectivity index (χ2v) is 6.91. The van der Waals surface area contributed by atoms with Crippen molar-refractivity contribution in [2.75, 3.05) is 18.9 Å². The quantitative estimate of drug-likeness (QED) is 0.933. The summed E-state index contributed by atoms with van der Waals surface area (Å²) in [5.41, 5.74) is 3.19. The second kappa shape index (κ2) is 5.53. The molecule has 1 N–H and O–H groups in total. The van der Waals surface area contributed by atoms with Gasteiger partial charge in [0.2, 0.25) is 0 Å². The third-order valence-corrected chi connectivity index (χ3v) is 5.31. The van der Waals surface area contributed by atoms with Crippen molar-refractivity contribution in [1.29, 1.82) is 0 Å². The van der Waals surface area contributed by atoms with Gasteiger partial charge in [0.1, 0.15) is 0 Å². The molecule has 1 aliphatic rings. The molecule has 110 valence electrons. The first-order chi connectivity index (χ1) is 10.1. The maximum absolute atomic E-state index is 12.7. The SMILES string of the molecule is Cc1ccc([C@@H](C)N(C)C(=O)c2ccc3c(c2)CCN3)s1. The van der Waals surface area contributed by atoms with Gasteiger partial charge in [0.15, 0.2) is 0 Å². The van der Waals surface area contributed by atoms with Crippen molar-refractivity contribution in [2.24, 2.45) is 0 Å². The van der Waals surface area contributed by atoms with Gasteiger partial charge in [-0.15, -0.1) is 11.3 Å². The largest absolute Gasteiger partial charge is 0.384 e. The fourth-order valence-electron chi connectivity index (χ4n) is 2.69. The molecule has 2 heterocycles. The Morgan fingerprint density at radius 3 is 2.86 bits per heavy atom. The summed E-state index contributed by atoms with van der Waals surface area (Å²) in [5.74, 6) is 0.0863. The van der Waals surface area contributed by atoms with Crippen molar-refractivity contribution >= 4 is 22.9 Å². The first kappa shape index (κ1) is 14.1. The van der Waals surface area contributed by atoms with Crippen LogP contribution in [0.1, 0.15) is 38.6 Å². The Balaban J connectivity index is 1.81. The number of amides is 1. The van der Waals surface area contributed by atoms with Crippen LogP contribution in [0.3, 0.4) is 0 Å². The van der Waals surface area contributed by atoms with E-state index >= 15 is 0 Å². The molecule has 1 aromatic carbocycles. The van der Waals surface area contributed by atoms with Crippen LogP contribution >= 0.6 is 11.3 Å². The monoisotopic (exact) mass is 300 g/mol. The molecule has 3 rings (SSSR count). The number of nitrogens with zero attached hydrogens (tertiary/aromatic N) is 1. The lowest BCUT2D eigenvalue weighted by Crippen LogP contribution is -2.29. The van der Waals surface area contributed by atoms with E-state index < -0.39 is 0 Å². The summed E-state index contributed by atoms with van der Waals surface area (Å²) in [7, 11) is 1.88. The van der Waals surface area contributed by atoms with Gasteiger partial charge in [0, 0.05) is 34.6 Å². The number of anilines is 1. The van der Waals surface area contributed by atoms with Crippen LogP contribution in [0.4, 0.5) is 5.69 Å². The van der Waals surface area contributed by atoms with Crippen LogP contribution in [0.2, 0.25) is 0 Å². The number of fused-ring (bicyclic) bond motifs is 1. The Bertz CT molecular complexity index is 677. The highest BCUT2D eigenvalue weighted by molar-refractivity contribution is 7.12. The highest BCUT2D eigenvalue weighted by atomic mass is 32.1. The molecule has 0 aliphatic carbocycles. The number of aryl methyl sites for hydroxylation is 1. The Morgan fingerprint density at radius 1 is 1.33 bits per heavy atom. The predicted molar refractivity (Wildman–Crippen MR) is 88.2 cm³/mol. The van der Waals surface area contributed by atoms with Gasteiger partial charge in [-0.2, -0.15) is 0 Å². The van der Waals surface area contributed by atoms with E-state index in [1.807, 2.05) is 30.1 Å². The summed E-state index contributed by atoms with van der Waals surface area (Å²) in [4.78, 5) is 17.0. The average Bonchev–Trinajstić information content (AvgIpc) is 3.12. The molecular weight excluding hydrogens is 280 g/mol. The van der Waals surface area contributed by atoms with Crippen molar-refractivity contribution in [3.8, 4) is 0 Å². The van der Waals surface area contributed by atoms with Crippen molar-refractivity contribution in [3.05, 3.63) is 51.2 Å². The number of carbonyl (C=O) groups is 1. The minimum absolute atomic E-state index is 0.0863. The molecule has 0 saturated heterocycles. The normalized spacial score (nSPS) is 14.4. The average molecular weight is 300 g/mol. The van der Waals surface area contributed by atoms with Crippen LogP contribution in [0.15, 0.2) is 30.3 Å². The van der Waals surface area contributed by atoms with E-state index in [1.165, 1.54) is 15.3 Å². The molecule has 0 saturated carbocycles. The molecule has 4 heteroatoms. The number of carbonyl (C=O) groups excluding carboxylic acids is 1. The van der Waals surface area contributed by atoms with Crippen LogP contribution in [0.25, 0.3) is 0 Å². The highest BCUT2D eigenvalue weighted by Crippen LogP contribution is 2.28. The molecule has 2 aromatic rings. The van der Waals surface area contributed by atoms with Crippen molar-refractivity contribution in [2.45, 2.75) is 26.3 Å². The Kier molecular flexibility index (Phi) is 3.72. The molecule has 0 unspecified atom stereocenters. The van der Waals surface area contributed by atoms with Gasteiger partial charge in [-0.05, 0) is 56.2 Å². The Labute approximate surface area is 129 Å². The first-order valence-corrected chi connectivity index (χ1v) is 8.08. The minimum Gasteiger partial charge on any atom is -0.384 e. The van der Waals surface area contributed by atoms with Gasteiger partial charge >= 0.3 is 0 Å². The first-order valence-electron chi connectivity index (χ1n) is 7.26. The van der Waals surface area contributed by atoms with Crippen molar-refractivity contribution < 1.29 is 4.79 Å². The summed E-state index contributed by atoms with van der Waals surface area (Å²) in [5, 5.41) is 3.32. The van der Waals surface area contributed by atoms with Crippen LogP contribution in [0, 0.1) is 6.92 Å². The van der Waals surface area contributed by atoms with Gasteiger partial charge in [-0.3, -0.25) is 4.79 Å². The number of thiophene rings is 1. The summed E-state index contributed by atoms with van der Waals surface area (Å²) in [6.45, 7) is 5.14. The number of rotatable bonds is 3. The third-order valence-electron chi connectivity index (χ3n) is 4.14. The summed E-state index contributed by atoms with van der Waals surface area (Å²) in [6.07, 6.45) is 1.000. The van der Waals surface area contributed by atoms with E-state index in [0.717, 1.165) is 24.2 Å². The molecule has 1 aromatic heterocycles. The van der Waals surface area contributed by atoms with Crippen LogP contribution in [-0.2, 0) is 6.42 Å². The molecule has 1 amide bonds. The van der Waals surface area contributed by atoms with E-state index in [-0.39, 0.29) is 11.9 Å². The van der Waals surface area contributed by atoms with E-state index in [9.17, 15) is 4.79 Å². The van der Waals surface area contributed by atoms with Gasteiger partial charge in [-0.1, -0.05) is 0 Å². The molecule has 3 nitrogen and oxygen atoms in total. The molecular formula is C17H20N2OS. The van der Waals surface area contributed by atoms with Gasteiger partial charge in [0.25, 0.3) is 5.91 Å². The van der Waals surface area contributed by atoms with E-state index in [4.69, 9.17) is 0 Å². The maximum atomic E-state index is 12.7. The van der Waals surface area contributed by atoms with E-state index in [2.05, 4.69) is 31.3 Å². The molecule has 0 bridgehead atoms. The summed E-state index contributed by atoms with van der Waals surface area (Å²) >= 11 is 1.75. The number of nitrogens with one attached hydrogen (secondary N) is 1. The number of hydrogen-bond acceptors (Lipinski definition) is 3. The second-order valence-electron chi connectivity index (χ2n) is 5.59. The zero-order valence-electron chi connectivity index (χ0n) is 12.6. The Morgan fingerprint density at radius 2 is 2.14 bits per heavy atom. The lowest BCUT2D eigenvalue weighted by Gasteiger charge is -2.24. The predicted octanol–water partition coefficient (Wildman–Crippen LogP) is 3.86. The highest BCUT2D eigenvalue weighted by Gasteiger charge is 2.21. The van der Waals surface area contributed by atoms with Crippen LogP contribution in [0.5, 0.6) is 0 Å². The van der Waals surface area contributed by atoms with Crippen molar-refractivity contribution in [1.82, 2.24) is 4.90 Å². The lowest BCUT2D eigenvalue weighted by atomic mass is 10.1. The number of benzene rings is 1. The standard InChI is InChI=1S/C17H20N2OS/c1-11-4-7-16(21-11)12(2)19(3)17(20)14-5-6-15-13(10-14)8-9-18-15/h4-7,10,12,18H,8-9H2,1-3H3/t12-/m1/s1. The molecule has 21 heavy (non-hydrogen) atoms. The Hall–Kier alpha value is -1.81.